The lowest BCUT2D eigenvalue weighted by Crippen LogP contribution is -3.27. The molecule has 0 spiro atoms. The summed E-state index contributed by atoms with van der Waals surface area (Å²) in [4.78, 5) is 20.6. The maximum atomic E-state index is 12.2. The highest BCUT2D eigenvalue weighted by atomic mass is 32.1. The lowest BCUT2D eigenvalue weighted by Gasteiger charge is -2.29. The molecule has 148 valence electrons. The molecule has 0 bridgehead atoms. The fourth-order valence-electron chi connectivity index (χ4n) is 3.82. The second-order valence-corrected chi connectivity index (χ2v) is 8.06. The van der Waals surface area contributed by atoms with Gasteiger partial charge in [0, 0.05) is 23.2 Å². The molecule has 3 aromatic rings. The number of ether oxygens (including phenoxy) is 2. The third-order valence-electron chi connectivity index (χ3n) is 5.35. The molecule has 2 aromatic heterocycles. The van der Waals surface area contributed by atoms with E-state index in [1.807, 2.05) is 11.4 Å². The molecule has 4 rings (SSSR count). The Morgan fingerprint density at radius 3 is 2.46 bits per heavy atom. The third kappa shape index (κ3) is 4.04. The van der Waals surface area contributed by atoms with Crippen molar-refractivity contribution in [1.29, 1.82) is 0 Å². The van der Waals surface area contributed by atoms with Crippen molar-refractivity contribution in [3.05, 3.63) is 57.5 Å². The number of methoxy groups -OCH3 is 2. The Morgan fingerprint density at radius 2 is 1.75 bits per heavy atom. The Labute approximate surface area is 167 Å². The first kappa shape index (κ1) is 18.9. The van der Waals surface area contributed by atoms with Crippen LogP contribution in [0.2, 0.25) is 0 Å². The maximum absolute atomic E-state index is 12.2. The molecule has 0 amide bonds. The van der Waals surface area contributed by atoms with Gasteiger partial charge in [0.05, 0.1) is 14.2 Å². The summed E-state index contributed by atoms with van der Waals surface area (Å²) in [5.41, 5.74) is 2.16. The van der Waals surface area contributed by atoms with Crippen LogP contribution in [0.1, 0.15) is 11.3 Å². The maximum Gasteiger partial charge on any atom is 0.258 e. The molecule has 0 radical (unpaired) electrons. The van der Waals surface area contributed by atoms with Gasteiger partial charge in [0.25, 0.3) is 5.56 Å². The van der Waals surface area contributed by atoms with Gasteiger partial charge in [0.2, 0.25) is 0 Å². The van der Waals surface area contributed by atoms with Gasteiger partial charge in [-0.1, -0.05) is 0 Å². The van der Waals surface area contributed by atoms with Crippen LogP contribution in [-0.2, 0) is 13.1 Å². The van der Waals surface area contributed by atoms with Crippen LogP contribution in [0.15, 0.2) is 40.6 Å². The Balaban J connectivity index is 1.34. The Kier molecular flexibility index (Phi) is 5.61. The molecule has 0 aliphatic carbocycles. The topological polar surface area (TPSA) is 61.7 Å². The summed E-state index contributed by atoms with van der Waals surface area (Å²) in [6.07, 6.45) is 1.78. The molecule has 0 unspecified atom stereocenters. The predicted molar refractivity (Wildman–Crippen MR) is 108 cm³/mol. The molecule has 1 fully saturated rings. The summed E-state index contributed by atoms with van der Waals surface area (Å²) in [5.74, 6) is 1.55. The number of benzene rings is 1. The molecule has 1 aliphatic heterocycles. The van der Waals surface area contributed by atoms with E-state index in [0.717, 1.165) is 61.4 Å². The minimum Gasteiger partial charge on any atom is -0.493 e. The van der Waals surface area contributed by atoms with Crippen molar-refractivity contribution in [3.8, 4) is 11.5 Å². The first-order valence-electron chi connectivity index (χ1n) is 9.50. The van der Waals surface area contributed by atoms with Crippen molar-refractivity contribution in [2.75, 3.05) is 40.4 Å². The second-order valence-electron chi connectivity index (χ2n) is 7.18. The lowest BCUT2D eigenvalue weighted by atomic mass is 10.1. The van der Waals surface area contributed by atoms with E-state index in [1.54, 1.807) is 35.8 Å². The van der Waals surface area contributed by atoms with Gasteiger partial charge in [-0.2, -0.15) is 0 Å². The SMILES string of the molecule is COc1ccc(C[NH+]2CC[NH+](Cc3cc(=O)n4ccsc4n3)CC2)cc1OC. The van der Waals surface area contributed by atoms with E-state index in [2.05, 4.69) is 17.1 Å². The third-order valence-corrected chi connectivity index (χ3v) is 6.11. The summed E-state index contributed by atoms with van der Waals surface area (Å²) in [5, 5.41) is 1.90. The van der Waals surface area contributed by atoms with Crippen molar-refractivity contribution >= 4 is 16.3 Å². The van der Waals surface area contributed by atoms with E-state index in [1.165, 1.54) is 21.8 Å². The summed E-state index contributed by atoms with van der Waals surface area (Å²) in [7, 11) is 3.33. The molecule has 2 N–H and O–H groups in total. The van der Waals surface area contributed by atoms with E-state index in [0.29, 0.717) is 0 Å². The minimum atomic E-state index is 0.0124. The average molecular weight is 403 g/mol. The first-order chi connectivity index (χ1) is 13.7. The number of rotatable bonds is 6. The number of hydrogen-bond acceptors (Lipinski definition) is 5. The highest BCUT2D eigenvalue weighted by Gasteiger charge is 2.24. The van der Waals surface area contributed by atoms with Crippen molar-refractivity contribution in [1.82, 2.24) is 9.38 Å². The second kappa shape index (κ2) is 8.30. The van der Waals surface area contributed by atoms with Crippen LogP contribution >= 0.6 is 11.3 Å². The normalized spacial score (nSPS) is 19.6. The number of fused-ring (bicyclic) bond motifs is 1. The number of aromatic nitrogens is 2. The van der Waals surface area contributed by atoms with Gasteiger partial charge in [-0.25, -0.2) is 4.98 Å². The summed E-state index contributed by atoms with van der Waals surface area (Å²) in [6, 6.07) is 7.83. The molecule has 1 aromatic carbocycles. The highest BCUT2D eigenvalue weighted by molar-refractivity contribution is 7.15. The number of nitrogens with one attached hydrogen (secondary N) is 2. The van der Waals surface area contributed by atoms with Crippen LogP contribution in [0.25, 0.3) is 4.96 Å². The molecule has 1 saturated heterocycles. The molecule has 28 heavy (non-hydrogen) atoms. The summed E-state index contributed by atoms with van der Waals surface area (Å²) in [6.45, 7) is 6.15. The molecule has 8 heteroatoms. The van der Waals surface area contributed by atoms with E-state index < -0.39 is 0 Å². The van der Waals surface area contributed by atoms with Gasteiger partial charge in [-0.05, 0) is 18.2 Å². The zero-order valence-electron chi connectivity index (χ0n) is 16.2. The van der Waals surface area contributed by atoms with Gasteiger partial charge in [-0.15, -0.1) is 11.3 Å². The van der Waals surface area contributed by atoms with Crippen LogP contribution in [0.4, 0.5) is 0 Å². The Bertz CT molecular complexity index is 1010. The van der Waals surface area contributed by atoms with Crippen LogP contribution in [0.3, 0.4) is 0 Å². The largest absolute Gasteiger partial charge is 0.493 e. The smallest absolute Gasteiger partial charge is 0.258 e. The van der Waals surface area contributed by atoms with E-state index in [-0.39, 0.29) is 5.56 Å². The Morgan fingerprint density at radius 1 is 1.04 bits per heavy atom. The standard InChI is InChI=1S/C20H24N4O3S/c1-26-17-4-3-15(11-18(17)27-2)13-22-5-7-23(8-6-22)14-16-12-19(25)24-9-10-28-20(24)21-16/h3-4,9-12H,5-8,13-14H2,1-2H3/p+2. The quantitative estimate of drug-likeness (QED) is 0.570. The van der Waals surface area contributed by atoms with E-state index in [9.17, 15) is 4.79 Å². The minimum absolute atomic E-state index is 0.0124. The van der Waals surface area contributed by atoms with Crippen LogP contribution in [0, 0.1) is 0 Å². The van der Waals surface area contributed by atoms with Crippen LogP contribution in [-0.4, -0.2) is 49.8 Å². The molecule has 0 atom stereocenters. The lowest BCUT2D eigenvalue weighted by molar-refractivity contribution is -1.02. The first-order valence-corrected chi connectivity index (χ1v) is 10.4. The van der Waals surface area contributed by atoms with Gasteiger partial charge < -0.3 is 19.3 Å². The zero-order chi connectivity index (χ0) is 19.5. The fourth-order valence-corrected chi connectivity index (χ4v) is 4.56. The molecule has 3 heterocycles. The molecular formula is C20H26N4O3S+2. The van der Waals surface area contributed by atoms with Gasteiger partial charge in [0.15, 0.2) is 16.5 Å². The fraction of sp³-hybridized carbons (Fsp3) is 0.400. The number of nitrogens with zero attached hydrogens (tertiary/aromatic N) is 2. The molecule has 1 aliphatic rings. The molecular weight excluding hydrogens is 376 g/mol. The highest BCUT2D eigenvalue weighted by Crippen LogP contribution is 2.27. The van der Waals surface area contributed by atoms with Gasteiger partial charge in [0.1, 0.15) is 45.0 Å². The number of quaternary nitrogens is 2. The summed E-state index contributed by atoms with van der Waals surface area (Å²) >= 11 is 1.50. The van der Waals surface area contributed by atoms with Crippen molar-refractivity contribution in [3.63, 3.8) is 0 Å². The Hall–Kier alpha value is -2.42. The van der Waals surface area contributed by atoms with Crippen LogP contribution in [0.5, 0.6) is 11.5 Å². The molecule has 7 nitrogen and oxygen atoms in total. The average Bonchev–Trinajstić information content (AvgIpc) is 3.18. The van der Waals surface area contributed by atoms with Crippen molar-refractivity contribution < 1.29 is 19.3 Å². The number of thiazole rings is 1. The number of hydrogen-bond donors (Lipinski definition) is 2. The van der Waals surface area contributed by atoms with Crippen LogP contribution < -0.4 is 24.8 Å². The van der Waals surface area contributed by atoms with E-state index >= 15 is 0 Å². The van der Waals surface area contributed by atoms with Crippen molar-refractivity contribution in [2.45, 2.75) is 13.1 Å². The summed E-state index contributed by atoms with van der Waals surface area (Å²) < 4.78 is 12.3. The zero-order valence-corrected chi connectivity index (χ0v) is 17.1. The van der Waals surface area contributed by atoms with E-state index in [4.69, 9.17) is 9.47 Å². The van der Waals surface area contributed by atoms with Crippen molar-refractivity contribution in [2.24, 2.45) is 0 Å². The van der Waals surface area contributed by atoms with Gasteiger partial charge >= 0.3 is 0 Å². The van der Waals surface area contributed by atoms with Gasteiger partial charge in [-0.3, -0.25) is 9.20 Å². The predicted octanol–water partition coefficient (Wildman–Crippen LogP) is -0.743. The molecule has 0 saturated carbocycles. The number of piperazine rings is 1. The monoisotopic (exact) mass is 402 g/mol.